The first-order valence-electron chi connectivity index (χ1n) is 5.16. The van der Waals surface area contributed by atoms with Gasteiger partial charge in [-0.15, -0.1) is 0 Å². The van der Waals surface area contributed by atoms with Crippen molar-refractivity contribution in [2.75, 3.05) is 20.1 Å². The highest BCUT2D eigenvalue weighted by atomic mass is 16.4. The van der Waals surface area contributed by atoms with Crippen LogP contribution in [0.5, 0.6) is 0 Å². The molecule has 0 aliphatic carbocycles. The van der Waals surface area contributed by atoms with Gasteiger partial charge in [0.1, 0.15) is 6.42 Å². The Morgan fingerprint density at radius 3 is 2.53 bits per heavy atom. The maximum absolute atomic E-state index is 11.0. The molecule has 0 aromatic carbocycles. The van der Waals surface area contributed by atoms with Crippen LogP contribution in [0.15, 0.2) is 0 Å². The number of likely N-dealkylation sites (N-methyl/N-ethyl adjacent to an activating group) is 1. The fourth-order valence-corrected chi connectivity index (χ4v) is 1.10. The molecule has 5 nitrogen and oxygen atoms in total. The van der Waals surface area contributed by atoms with Crippen LogP contribution in [0, 0.1) is 0 Å². The van der Waals surface area contributed by atoms with Crippen LogP contribution in [0.2, 0.25) is 0 Å². The largest absolute Gasteiger partial charge is 0.481 e. The Hall–Kier alpha value is -1.10. The van der Waals surface area contributed by atoms with Crippen molar-refractivity contribution in [3.63, 3.8) is 0 Å². The average molecular weight is 216 g/mol. The predicted octanol–water partition coefficient (Wildman–Crippen LogP) is 0.308. The minimum absolute atomic E-state index is 0.431. The molecule has 0 rings (SSSR count). The van der Waals surface area contributed by atoms with Crippen LogP contribution >= 0.6 is 0 Å². The van der Waals surface area contributed by atoms with E-state index in [4.69, 9.17) is 5.11 Å². The van der Waals surface area contributed by atoms with Gasteiger partial charge in [-0.05, 0) is 20.4 Å². The number of nitrogens with one attached hydrogen (secondary N) is 1. The molecule has 5 heteroatoms. The first-order valence-corrected chi connectivity index (χ1v) is 5.16. The highest BCUT2D eigenvalue weighted by Crippen LogP contribution is 1.98. The number of amides is 1. The van der Waals surface area contributed by atoms with Crippen LogP contribution in [0.4, 0.5) is 0 Å². The van der Waals surface area contributed by atoms with Crippen molar-refractivity contribution < 1.29 is 14.7 Å². The maximum Gasteiger partial charge on any atom is 0.312 e. The predicted molar refractivity (Wildman–Crippen MR) is 57.6 cm³/mol. The van der Waals surface area contributed by atoms with Gasteiger partial charge in [-0.2, -0.15) is 0 Å². The summed E-state index contributed by atoms with van der Waals surface area (Å²) in [4.78, 5) is 23.3. The fraction of sp³-hybridized carbons (Fsp3) is 0.800. The van der Waals surface area contributed by atoms with Gasteiger partial charge < -0.3 is 15.3 Å². The summed E-state index contributed by atoms with van der Waals surface area (Å²) in [5, 5.41) is 10.9. The molecule has 0 fully saturated rings. The fourth-order valence-electron chi connectivity index (χ4n) is 1.10. The number of nitrogens with zero attached hydrogens (tertiary/aromatic N) is 1. The number of hydrogen-bond acceptors (Lipinski definition) is 3. The number of carbonyl (C=O) groups excluding carboxylic acids is 1. The van der Waals surface area contributed by atoms with E-state index >= 15 is 0 Å². The van der Waals surface area contributed by atoms with Crippen LogP contribution in [0.3, 0.4) is 0 Å². The number of carboxylic acid groups (broad SMARTS) is 1. The lowest BCUT2D eigenvalue weighted by molar-refractivity contribution is -0.140. The van der Waals surface area contributed by atoms with Crippen LogP contribution in [0.25, 0.3) is 0 Å². The zero-order valence-electron chi connectivity index (χ0n) is 9.62. The van der Waals surface area contributed by atoms with Crippen molar-refractivity contribution in [2.45, 2.75) is 32.7 Å². The summed E-state index contributed by atoms with van der Waals surface area (Å²) < 4.78 is 0. The summed E-state index contributed by atoms with van der Waals surface area (Å²) in [6, 6.07) is 0.473. The highest BCUT2D eigenvalue weighted by molar-refractivity contribution is 5.93. The summed E-state index contributed by atoms with van der Waals surface area (Å²) in [5.74, 6) is -1.53. The number of carboxylic acids is 1. The molecule has 1 unspecified atom stereocenters. The van der Waals surface area contributed by atoms with Crippen molar-refractivity contribution in [1.29, 1.82) is 0 Å². The first kappa shape index (κ1) is 13.9. The quantitative estimate of drug-likeness (QED) is 0.601. The van der Waals surface area contributed by atoms with Crippen LogP contribution in [-0.2, 0) is 9.59 Å². The van der Waals surface area contributed by atoms with E-state index in [1.54, 1.807) is 0 Å². The second-order valence-electron chi connectivity index (χ2n) is 3.66. The number of hydrogen-bond donors (Lipinski definition) is 2. The molecule has 1 amide bonds. The summed E-state index contributed by atoms with van der Waals surface area (Å²) in [5.41, 5.74) is 0. The Kier molecular flexibility index (Phi) is 6.70. The van der Waals surface area contributed by atoms with Gasteiger partial charge in [0.05, 0.1) is 0 Å². The summed E-state index contributed by atoms with van der Waals surface area (Å²) in [6.45, 7) is 5.44. The SMILES string of the molecule is CCC(C)N(C)CCNC(=O)CC(=O)O. The van der Waals surface area contributed by atoms with Gasteiger partial charge in [0.2, 0.25) is 5.91 Å². The van der Waals surface area contributed by atoms with Crippen molar-refractivity contribution in [1.82, 2.24) is 10.2 Å². The minimum atomic E-state index is -1.09. The second kappa shape index (κ2) is 7.23. The molecule has 0 saturated carbocycles. The third kappa shape index (κ3) is 6.90. The molecular formula is C10H20N2O3. The average Bonchev–Trinajstić information content (AvgIpc) is 2.15. The number of rotatable bonds is 7. The molecule has 0 aromatic rings. The Labute approximate surface area is 90.5 Å². The lowest BCUT2D eigenvalue weighted by Gasteiger charge is -2.23. The summed E-state index contributed by atoms with van der Waals surface area (Å²) in [6.07, 6.45) is 0.604. The molecule has 0 saturated heterocycles. The Balaban J connectivity index is 3.61. The van der Waals surface area contributed by atoms with Gasteiger partial charge in [-0.25, -0.2) is 0 Å². The third-order valence-electron chi connectivity index (χ3n) is 2.44. The number of carbonyl (C=O) groups is 2. The van der Waals surface area contributed by atoms with Crippen molar-refractivity contribution >= 4 is 11.9 Å². The molecule has 88 valence electrons. The molecule has 0 bridgehead atoms. The third-order valence-corrected chi connectivity index (χ3v) is 2.44. The van der Waals surface area contributed by atoms with E-state index in [2.05, 4.69) is 24.1 Å². The van der Waals surface area contributed by atoms with Gasteiger partial charge in [0.25, 0.3) is 0 Å². The zero-order valence-corrected chi connectivity index (χ0v) is 9.62. The highest BCUT2D eigenvalue weighted by Gasteiger charge is 2.08. The standard InChI is InChI=1S/C10H20N2O3/c1-4-8(2)12(3)6-5-11-9(13)7-10(14)15/h8H,4-7H2,1-3H3,(H,11,13)(H,14,15). The topological polar surface area (TPSA) is 69.6 Å². The van der Waals surface area contributed by atoms with E-state index in [0.29, 0.717) is 12.6 Å². The summed E-state index contributed by atoms with van der Waals surface area (Å²) >= 11 is 0. The van der Waals surface area contributed by atoms with E-state index in [-0.39, 0.29) is 0 Å². The molecule has 0 radical (unpaired) electrons. The molecule has 0 aliphatic heterocycles. The van der Waals surface area contributed by atoms with Crippen molar-refractivity contribution in [3.8, 4) is 0 Å². The molecule has 0 aromatic heterocycles. The molecule has 15 heavy (non-hydrogen) atoms. The van der Waals surface area contributed by atoms with Gasteiger partial charge in [0, 0.05) is 19.1 Å². The molecule has 0 aliphatic rings. The zero-order chi connectivity index (χ0) is 11.8. The molecule has 0 spiro atoms. The minimum Gasteiger partial charge on any atom is -0.481 e. The monoisotopic (exact) mass is 216 g/mol. The van der Waals surface area contributed by atoms with Gasteiger partial charge >= 0.3 is 5.97 Å². The Morgan fingerprint density at radius 2 is 2.07 bits per heavy atom. The van der Waals surface area contributed by atoms with Crippen LogP contribution in [-0.4, -0.2) is 48.1 Å². The summed E-state index contributed by atoms with van der Waals surface area (Å²) in [7, 11) is 1.98. The molecule has 2 N–H and O–H groups in total. The molecular weight excluding hydrogens is 196 g/mol. The molecule has 0 heterocycles. The van der Waals surface area contributed by atoms with Gasteiger partial charge in [-0.1, -0.05) is 6.92 Å². The Morgan fingerprint density at radius 1 is 1.47 bits per heavy atom. The Bertz CT molecular complexity index is 219. The van der Waals surface area contributed by atoms with Crippen molar-refractivity contribution in [2.24, 2.45) is 0 Å². The lowest BCUT2D eigenvalue weighted by Crippen LogP contribution is -2.37. The van der Waals surface area contributed by atoms with Gasteiger partial charge in [-0.3, -0.25) is 9.59 Å². The first-order chi connectivity index (χ1) is 6.97. The maximum atomic E-state index is 11.0. The van der Waals surface area contributed by atoms with E-state index < -0.39 is 18.3 Å². The lowest BCUT2D eigenvalue weighted by atomic mass is 10.2. The van der Waals surface area contributed by atoms with Crippen LogP contribution in [0.1, 0.15) is 26.7 Å². The van der Waals surface area contributed by atoms with Crippen LogP contribution < -0.4 is 5.32 Å². The van der Waals surface area contributed by atoms with Gasteiger partial charge in [0.15, 0.2) is 0 Å². The normalized spacial score (nSPS) is 12.5. The van der Waals surface area contributed by atoms with E-state index in [1.807, 2.05) is 7.05 Å². The second-order valence-corrected chi connectivity index (χ2v) is 3.66. The number of aliphatic carboxylic acids is 1. The van der Waals surface area contributed by atoms with E-state index in [0.717, 1.165) is 13.0 Å². The smallest absolute Gasteiger partial charge is 0.312 e. The van der Waals surface area contributed by atoms with E-state index in [1.165, 1.54) is 0 Å². The van der Waals surface area contributed by atoms with E-state index in [9.17, 15) is 9.59 Å². The molecule has 1 atom stereocenters. The van der Waals surface area contributed by atoms with Crippen molar-refractivity contribution in [3.05, 3.63) is 0 Å².